The number of halogens is 1. The van der Waals surface area contributed by atoms with Crippen molar-refractivity contribution in [2.24, 2.45) is 5.41 Å². The second-order valence-electron chi connectivity index (χ2n) is 6.02. The highest BCUT2D eigenvalue weighted by atomic mass is 35.5. The Hall–Kier alpha value is -2.26. The maximum Gasteiger partial charge on any atom is 0.280 e. The summed E-state index contributed by atoms with van der Waals surface area (Å²) in [5.41, 5.74) is 0.901. The van der Waals surface area contributed by atoms with Crippen LogP contribution in [0, 0.1) is 16.7 Å². The number of hydrogen-bond donors (Lipinski definition) is 2. The molecule has 1 aliphatic rings. The van der Waals surface area contributed by atoms with Crippen LogP contribution in [0.3, 0.4) is 0 Å². The van der Waals surface area contributed by atoms with E-state index in [4.69, 9.17) is 16.3 Å². The summed E-state index contributed by atoms with van der Waals surface area (Å²) in [6.07, 6.45) is 2.89. The standard InChI is InChI=1S/C17H17ClN5O2P/c18-13-9-20-16(23-26-24)8-12(13)14-2-1-3-15(22-14)21-11-17(10-19)4-6-25-7-5-17/h1-3,8-9H,4-7,11H2,(H,21,22)(H,20,23,24). The zero-order chi connectivity index (χ0) is 18.4. The fraction of sp³-hybridized carbons (Fsp3) is 0.353. The van der Waals surface area contributed by atoms with Gasteiger partial charge in [0.15, 0.2) is 0 Å². The number of rotatable bonds is 6. The summed E-state index contributed by atoms with van der Waals surface area (Å²) in [6.45, 7) is 1.71. The van der Waals surface area contributed by atoms with Crippen LogP contribution in [-0.4, -0.2) is 29.7 Å². The van der Waals surface area contributed by atoms with Crippen molar-refractivity contribution in [2.75, 3.05) is 30.2 Å². The quantitative estimate of drug-likeness (QED) is 0.716. The van der Waals surface area contributed by atoms with Crippen LogP contribution in [0.2, 0.25) is 5.02 Å². The molecule has 0 spiro atoms. The predicted molar refractivity (Wildman–Crippen MR) is 100 cm³/mol. The monoisotopic (exact) mass is 389 g/mol. The molecule has 0 bridgehead atoms. The van der Waals surface area contributed by atoms with Gasteiger partial charge in [-0.25, -0.2) is 14.5 Å². The van der Waals surface area contributed by atoms with Gasteiger partial charge < -0.3 is 10.1 Å². The second-order valence-corrected chi connectivity index (χ2v) is 6.83. The van der Waals surface area contributed by atoms with Crippen LogP contribution >= 0.6 is 20.2 Å². The Balaban J connectivity index is 1.79. The molecule has 0 aliphatic carbocycles. The van der Waals surface area contributed by atoms with Gasteiger partial charge in [0.25, 0.3) is 8.61 Å². The molecule has 0 amide bonds. The largest absolute Gasteiger partial charge is 0.381 e. The number of nitriles is 1. The van der Waals surface area contributed by atoms with Gasteiger partial charge >= 0.3 is 0 Å². The molecule has 0 atom stereocenters. The van der Waals surface area contributed by atoms with Gasteiger partial charge in [0, 0.05) is 31.5 Å². The first-order valence-corrected chi connectivity index (χ1v) is 9.29. The van der Waals surface area contributed by atoms with E-state index in [1.54, 1.807) is 6.07 Å². The molecule has 3 heterocycles. The molecular weight excluding hydrogens is 373 g/mol. The average Bonchev–Trinajstić information content (AvgIpc) is 2.69. The van der Waals surface area contributed by atoms with E-state index in [2.05, 4.69) is 26.4 Å². The lowest BCUT2D eigenvalue weighted by molar-refractivity contribution is 0.0455. The van der Waals surface area contributed by atoms with Gasteiger partial charge in [-0.1, -0.05) is 17.7 Å². The van der Waals surface area contributed by atoms with Crippen molar-refractivity contribution < 1.29 is 9.30 Å². The van der Waals surface area contributed by atoms with Gasteiger partial charge in [-0.15, -0.1) is 0 Å². The third-order valence-corrected chi connectivity index (χ3v) is 4.96. The number of pyridine rings is 2. The molecule has 1 saturated heterocycles. The first-order chi connectivity index (χ1) is 12.7. The summed E-state index contributed by atoms with van der Waals surface area (Å²) < 4.78 is 16.1. The molecule has 2 N–H and O–H groups in total. The first-order valence-electron chi connectivity index (χ1n) is 8.10. The Morgan fingerprint density at radius 1 is 1.35 bits per heavy atom. The van der Waals surface area contributed by atoms with E-state index in [0.29, 0.717) is 60.5 Å². The Labute approximate surface area is 158 Å². The third-order valence-electron chi connectivity index (χ3n) is 4.34. The Morgan fingerprint density at radius 3 is 2.88 bits per heavy atom. The first kappa shape index (κ1) is 18.5. The number of anilines is 2. The van der Waals surface area contributed by atoms with Gasteiger partial charge in [-0.3, -0.25) is 5.09 Å². The number of hydrogen-bond acceptors (Lipinski definition) is 6. The molecule has 26 heavy (non-hydrogen) atoms. The van der Waals surface area contributed by atoms with E-state index < -0.39 is 5.41 Å². The molecular formula is C17H17ClN5O2P. The molecule has 1 fully saturated rings. The van der Waals surface area contributed by atoms with Crippen LogP contribution in [-0.2, 0) is 9.30 Å². The topological polar surface area (TPSA) is 99.9 Å². The molecule has 0 unspecified atom stereocenters. The fourth-order valence-electron chi connectivity index (χ4n) is 2.78. The Morgan fingerprint density at radius 2 is 2.15 bits per heavy atom. The maximum absolute atomic E-state index is 10.7. The zero-order valence-corrected chi connectivity index (χ0v) is 15.6. The van der Waals surface area contributed by atoms with Crippen LogP contribution in [0.1, 0.15) is 12.8 Å². The van der Waals surface area contributed by atoms with Crippen molar-refractivity contribution >= 4 is 31.8 Å². The number of nitrogens with zero attached hydrogens (tertiary/aromatic N) is 3. The summed E-state index contributed by atoms with van der Waals surface area (Å²) >= 11 is 6.24. The van der Waals surface area contributed by atoms with Gasteiger partial charge in [-0.2, -0.15) is 5.26 Å². The lowest BCUT2D eigenvalue weighted by Gasteiger charge is -2.30. The average molecular weight is 390 g/mol. The van der Waals surface area contributed by atoms with Crippen molar-refractivity contribution in [1.82, 2.24) is 9.97 Å². The van der Waals surface area contributed by atoms with Crippen molar-refractivity contribution in [2.45, 2.75) is 12.8 Å². The second kappa shape index (κ2) is 8.41. The highest BCUT2D eigenvalue weighted by Crippen LogP contribution is 2.31. The summed E-state index contributed by atoms with van der Waals surface area (Å²) in [5, 5.41) is 15.8. The summed E-state index contributed by atoms with van der Waals surface area (Å²) in [5.74, 6) is 1.10. The third kappa shape index (κ3) is 4.28. The van der Waals surface area contributed by atoms with Gasteiger partial charge in [0.2, 0.25) is 0 Å². The molecule has 0 aromatic carbocycles. The van der Waals surface area contributed by atoms with Gasteiger partial charge in [0.1, 0.15) is 11.6 Å². The van der Waals surface area contributed by atoms with Crippen molar-refractivity contribution in [1.29, 1.82) is 5.26 Å². The van der Waals surface area contributed by atoms with Crippen LogP contribution in [0.15, 0.2) is 30.5 Å². The van der Waals surface area contributed by atoms with E-state index >= 15 is 0 Å². The zero-order valence-electron chi connectivity index (χ0n) is 13.9. The molecule has 2 aromatic rings. The predicted octanol–water partition coefficient (Wildman–Crippen LogP) is 4.15. The molecule has 134 valence electrons. The van der Waals surface area contributed by atoms with Crippen LogP contribution in [0.25, 0.3) is 11.3 Å². The number of ether oxygens (including phenoxy) is 1. The summed E-state index contributed by atoms with van der Waals surface area (Å²) in [6, 6.07) is 9.66. The van der Waals surface area contributed by atoms with Gasteiger partial charge in [-0.05, 0) is 31.0 Å². The molecule has 0 saturated carbocycles. The SMILES string of the molecule is N#CC1(CNc2cccc(-c3cc(NP=O)ncc3Cl)n2)CCOCC1. The molecule has 7 nitrogen and oxygen atoms in total. The van der Waals surface area contributed by atoms with Crippen LogP contribution in [0.4, 0.5) is 11.6 Å². The minimum Gasteiger partial charge on any atom is -0.381 e. The molecule has 3 rings (SSSR count). The van der Waals surface area contributed by atoms with Crippen molar-refractivity contribution in [3.8, 4) is 17.3 Å². The Kier molecular flexibility index (Phi) is 6.00. The summed E-state index contributed by atoms with van der Waals surface area (Å²) in [7, 11) is -0.241. The number of aromatic nitrogens is 2. The van der Waals surface area contributed by atoms with E-state index in [0.717, 1.165) is 0 Å². The summed E-state index contributed by atoms with van der Waals surface area (Å²) in [4.78, 5) is 8.64. The van der Waals surface area contributed by atoms with Crippen LogP contribution < -0.4 is 10.4 Å². The van der Waals surface area contributed by atoms with Crippen molar-refractivity contribution in [3.63, 3.8) is 0 Å². The minimum absolute atomic E-state index is 0.241. The minimum atomic E-state index is -0.436. The molecule has 9 heteroatoms. The van der Waals surface area contributed by atoms with E-state index in [1.165, 1.54) is 6.20 Å². The van der Waals surface area contributed by atoms with E-state index in [1.807, 2.05) is 18.2 Å². The van der Waals surface area contributed by atoms with E-state index in [-0.39, 0.29) is 8.61 Å². The highest BCUT2D eigenvalue weighted by Gasteiger charge is 2.32. The fourth-order valence-corrected chi connectivity index (χ4v) is 3.19. The molecule has 2 aromatic heterocycles. The van der Waals surface area contributed by atoms with Gasteiger partial charge in [0.05, 0.1) is 22.2 Å². The molecule has 0 radical (unpaired) electrons. The maximum atomic E-state index is 10.7. The lowest BCUT2D eigenvalue weighted by Crippen LogP contribution is -2.34. The normalized spacial score (nSPS) is 16.0. The molecule has 1 aliphatic heterocycles. The lowest BCUT2D eigenvalue weighted by atomic mass is 9.82. The smallest absolute Gasteiger partial charge is 0.280 e. The van der Waals surface area contributed by atoms with E-state index in [9.17, 15) is 9.83 Å². The van der Waals surface area contributed by atoms with Crippen LogP contribution in [0.5, 0.6) is 0 Å². The van der Waals surface area contributed by atoms with Crippen molar-refractivity contribution in [3.05, 3.63) is 35.5 Å². The highest BCUT2D eigenvalue weighted by molar-refractivity contribution is 7.25. The Bertz CT molecular complexity index is 836. The number of nitrogens with one attached hydrogen (secondary N) is 2.